The molecule has 0 saturated carbocycles. The smallest absolute Gasteiger partial charge is 0.155 e. The minimum absolute atomic E-state index is 0.453. The molecule has 2 heterocycles. The summed E-state index contributed by atoms with van der Waals surface area (Å²) in [7, 11) is 0. The van der Waals surface area contributed by atoms with Gasteiger partial charge in [0.15, 0.2) is 5.65 Å². The molecule has 0 aliphatic rings. The number of rotatable bonds is 1. The average Bonchev–Trinajstić information content (AvgIpc) is 2.73. The number of imidazole rings is 1. The van der Waals surface area contributed by atoms with Crippen LogP contribution < -0.4 is 0 Å². The molecule has 0 amide bonds. The highest BCUT2D eigenvalue weighted by Gasteiger charge is 2.06. The number of benzene rings is 1. The van der Waals surface area contributed by atoms with E-state index in [-0.39, 0.29) is 0 Å². The van der Waals surface area contributed by atoms with Crippen molar-refractivity contribution < 1.29 is 0 Å². The molecule has 0 radical (unpaired) electrons. The van der Waals surface area contributed by atoms with E-state index in [1.54, 1.807) is 12.4 Å². The highest BCUT2D eigenvalue weighted by atomic mass is 79.9. The van der Waals surface area contributed by atoms with E-state index in [2.05, 4.69) is 25.9 Å². The van der Waals surface area contributed by atoms with Crippen molar-refractivity contribution in [3.63, 3.8) is 0 Å². The molecule has 5 heteroatoms. The zero-order valence-corrected chi connectivity index (χ0v) is 11.0. The molecule has 1 aromatic carbocycles. The first kappa shape index (κ1) is 10.7. The minimum atomic E-state index is 0.453. The van der Waals surface area contributed by atoms with E-state index < -0.39 is 0 Å². The summed E-state index contributed by atoms with van der Waals surface area (Å²) in [6.45, 7) is 0. The molecule has 0 bridgehead atoms. The Balaban J connectivity index is 2.23. The molecule has 0 aliphatic carbocycles. The zero-order chi connectivity index (χ0) is 11.8. The number of nitrogens with zero attached hydrogens (tertiary/aromatic N) is 3. The van der Waals surface area contributed by atoms with E-state index in [1.807, 2.05) is 34.9 Å². The van der Waals surface area contributed by atoms with E-state index in [0.717, 1.165) is 21.4 Å². The molecular formula is C12H7BrClN3. The Hall–Kier alpha value is -1.39. The zero-order valence-electron chi connectivity index (χ0n) is 8.64. The summed E-state index contributed by atoms with van der Waals surface area (Å²) in [5.41, 5.74) is 2.87. The van der Waals surface area contributed by atoms with Crippen LogP contribution in [0.4, 0.5) is 0 Å². The van der Waals surface area contributed by atoms with Crippen LogP contribution in [0.2, 0.25) is 5.15 Å². The fourth-order valence-corrected chi connectivity index (χ4v) is 2.11. The van der Waals surface area contributed by atoms with E-state index in [1.165, 1.54) is 0 Å². The Bertz CT molecular complexity index is 676. The number of aromatic nitrogens is 3. The number of halogens is 2. The van der Waals surface area contributed by atoms with Crippen LogP contribution in [0.15, 0.2) is 47.3 Å². The van der Waals surface area contributed by atoms with Crippen molar-refractivity contribution in [1.82, 2.24) is 14.4 Å². The quantitative estimate of drug-likeness (QED) is 0.684. The van der Waals surface area contributed by atoms with Gasteiger partial charge in [-0.15, -0.1) is 0 Å². The fraction of sp³-hybridized carbons (Fsp3) is 0. The fourth-order valence-electron chi connectivity index (χ4n) is 1.70. The Morgan fingerprint density at radius 2 is 1.82 bits per heavy atom. The van der Waals surface area contributed by atoms with Crippen molar-refractivity contribution >= 4 is 33.2 Å². The first-order chi connectivity index (χ1) is 8.24. The first-order valence-corrected chi connectivity index (χ1v) is 6.16. The van der Waals surface area contributed by atoms with Crippen molar-refractivity contribution in [2.75, 3.05) is 0 Å². The van der Waals surface area contributed by atoms with Crippen molar-refractivity contribution in [2.24, 2.45) is 0 Å². The molecule has 3 rings (SSSR count). The van der Waals surface area contributed by atoms with Gasteiger partial charge >= 0.3 is 0 Å². The third-order valence-corrected chi connectivity index (χ3v) is 3.23. The summed E-state index contributed by atoms with van der Waals surface area (Å²) in [6, 6.07) is 8.05. The normalized spacial score (nSPS) is 10.9. The lowest BCUT2D eigenvalue weighted by Crippen LogP contribution is -1.89. The van der Waals surface area contributed by atoms with Gasteiger partial charge in [-0.2, -0.15) is 0 Å². The van der Waals surface area contributed by atoms with Crippen LogP contribution in [0.3, 0.4) is 0 Å². The van der Waals surface area contributed by atoms with E-state index in [9.17, 15) is 0 Å². The molecule has 3 aromatic rings. The highest BCUT2D eigenvalue weighted by molar-refractivity contribution is 9.10. The number of fused-ring (bicyclic) bond motifs is 1. The third kappa shape index (κ3) is 1.94. The van der Waals surface area contributed by atoms with Crippen LogP contribution in [-0.4, -0.2) is 14.4 Å². The van der Waals surface area contributed by atoms with Crippen molar-refractivity contribution in [2.45, 2.75) is 0 Å². The Morgan fingerprint density at radius 1 is 1.06 bits per heavy atom. The summed E-state index contributed by atoms with van der Waals surface area (Å²) < 4.78 is 2.98. The Labute approximate surface area is 111 Å². The van der Waals surface area contributed by atoms with Crippen LogP contribution in [-0.2, 0) is 0 Å². The lowest BCUT2D eigenvalue weighted by Gasteiger charge is -2.02. The lowest BCUT2D eigenvalue weighted by atomic mass is 10.2. The van der Waals surface area contributed by atoms with Crippen molar-refractivity contribution in [3.8, 4) is 11.3 Å². The van der Waals surface area contributed by atoms with E-state index in [0.29, 0.717) is 5.15 Å². The van der Waals surface area contributed by atoms with Crippen LogP contribution >= 0.6 is 27.5 Å². The number of hydrogen-bond acceptors (Lipinski definition) is 2. The molecule has 2 aromatic heterocycles. The highest BCUT2D eigenvalue weighted by Crippen LogP contribution is 2.23. The van der Waals surface area contributed by atoms with Gasteiger partial charge in [-0.25, -0.2) is 9.97 Å². The average molecular weight is 309 g/mol. The molecule has 0 fully saturated rings. The largest absolute Gasteiger partial charge is 0.295 e. The van der Waals surface area contributed by atoms with Gasteiger partial charge in [0.2, 0.25) is 0 Å². The maximum atomic E-state index is 5.89. The number of hydrogen-bond donors (Lipinski definition) is 0. The Morgan fingerprint density at radius 3 is 2.59 bits per heavy atom. The van der Waals surface area contributed by atoms with Gasteiger partial charge in [0.25, 0.3) is 0 Å². The molecule has 0 saturated heterocycles. The third-order valence-electron chi connectivity index (χ3n) is 2.50. The lowest BCUT2D eigenvalue weighted by molar-refractivity contribution is 1.13. The van der Waals surface area contributed by atoms with Crippen LogP contribution in [0.1, 0.15) is 0 Å². The predicted molar refractivity (Wildman–Crippen MR) is 71.1 cm³/mol. The maximum absolute atomic E-state index is 5.89. The molecule has 0 N–H and O–H groups in total. The van der Waals surface area contributed by atoms with Gasteiger partial charge in [-0.05, 0) is 12.1 Å². The molecular weight excluding hydrogens is 302 g/mol. The maximum Gasteiger partial charge on any atom is 0.155 e. The Kier molecular flexibility index (Phi) is 2.61. The van der Waals surface area contributed by atoms with Crippen molar-refractivity contribution in [1.29, 1.82) is 0 Å². The van der Waals surface area contributed by atoms with Gasteiger partial charge in [0.05, 0.1) is 18.1 Å². The molecule has 17 heavy (non-hydrogen) atoms. The summed E-state index contributed by atoms with van der Waals surface area (Å²) >= 11 is 9.31. The topological polar surface area (TPSA) is 30.2 Å². The second-order valence-corrected chi connectivity index (χ2v) is 4.89. The second kappa shape index (κ2) is 4.13. The van der Waals surface area contributed by atoms with Gasteiger partial charge in [0.1, 0.15) is 5.15 Å². The van der Waals surface area contributed by atoms with Crippen LogP contribution in [0.25, 0.3) is 16.9 Å². The molecule has 3 nitrogen and oxygen atoms in total. The summed E-state index contributed by atoms with van der Waals surface area (Å²) in [6.07, 6.45) is 5.24. The standard InChI is InChI=1S/C12H7BrClN3/c13-9-3-1-8(2-4-9)10-5-16-12-6-15-11(14)7-17(10)12/h1-7H. The SMILES string of the molecule is Clc1cn2c(-c3ccc(Br)cc3)cnc2cn1. The van der Waals surface area contributed by atoms with Gasteiger partial charge in [-0.1, -0.05) is 39.7 Å². The molecule has 0 unspecified atom stereocenters. The van der Waals surface area contributed by atoms with Crippen molar-refractivity contribution in [3.05, 3.63) is 52.5 Å². The summed E-state index contributed by atoms with van der Waals surface area (Å²) in [4.78, 5) is 8.29. The van der Waals surface area contributed by atoms with E-state index in [4.69, 9.17) is 11.6 Å². The molecule has 0 spiro atoms. The van der Waals surface area contributed by atoms with Crippen LogP contribution in [0, 0.1) is 0 Å². The summed E-state index contributed by atoms with van der Waals surface area (Å²) in [5, 5.41) is 0.453. The second-order valence-electron chi connectivity index (χ2n) is 3.59. The molecule has 84 valence electrons. The molecule has 0 atom stereocenters. The van der Waals surface area contributed by atoms with Gasteiger partial charge < -0.3 is 0 Å². The first-order valence-electron chi connectivity index (χ1n) is 4.98. The molecule has 0 aliphatic heterocycles. The van der Waals surface area contributed by atoms with Gasteiger partial charge in [-0.3, -0.25) is 4.40 Å². The predicted octanol–water partition coefficient (Wildman–Crippen LogP) is 3.81. The van der Waals surface area contributed by atoms with Gasteiger partial charge in [0, 0.05) is 16.2 Å². The van der Waals surface area contributed by atoms with E-state index >= 15 is 0 Å². The minimum Gasteiger partial charge on any atom is -0.295 e. The monoisotopic (exact) mass is 307 g/mol. The van der Waals surface area contributed by atoms with Crippen LogP contribution in [0.5, 0.6) is 0 Å². The summed E-state index contributed by atoms with van der Waals surface area (Å²) in [5.74, 6) is 0.